The van der Waals surface area contributed by atoms with E-state index in [-0.39, 0.29) is 11.4 Å². The number of hydrogen-bond acceptors (Lipinski definition) is 4. The molecule has 1 aliphatic carbocycles. The Balaban J connectivity index is 2.25. The normalized spacial score (nSPS) is 18.4. The Morgan fingerprint density at radius 3 is 2.50 bits per heavy atom. The van der Waals surface area contributed by atoms with Crippen LogP contribution < -0.4 is 10.5 Å². The Morgan fingerprint density at radius 1 is 1.30 bits per heavy atom. The van der Waals surface area contributed by atoms with Gasteiger partial charge in [-0.1, -0.05) is 18.9 Å². The van der Waals surface area contributed by atoms with Gasteiger partial charge in [0.2, 0.25) is 10.0 Å². The number of benzene rings is 1. The molecule has 1 aromatic rings. The molecule has 0 amide bonds. The highest BCUT2D eigenvalue weighted by Crippen LogP contribution is 2.30. The Morgan fingerprint density at radius 2 is 1.90 bits per heavy atom. The van der Waals surface area contributed by atoms with Crippen molar-refractivity contribution in [3.8, 4) is 0 Å². The summed E-state index contributed by atoms with van der Waals surface area (Å²) in [5, 5.41) is 10.2. The summed E-state index contributed by atoms with van der Waals surface area (Å²) in [4.78, 5) is 0.221. The first-order chi connectivity index (χ1) is 9.25. The first kappa shape index (κ1) is 15.3. The molecule has 0 radical (unpaired) electrons. The average Bonchev–Trinajstić information content (AvgIpc) is 2.80. The summed E-state index contributed by atoms with van der Waals surface area (Å²) < 4.78 is 27.4. The van der Waals surface area contributed by atoms with E-state index in [0.717, 1.165) is 12.8 Å². The second-order valence-electron chi connectivity index (χ2n) is 5.68. The van der Waals surface area contributed by atoms with Crippen LogP contribution in [0.3, 0.4) is 0 Å². The molecule has 1 aromatic carbocycles. The monoisotopic (exact) mass is 298 g/mol. The Bertz CT molecular complexity index is 605. The summed E-state index contributed by atoms with van der Waals surface area (Å²) in [6, 6.07) is 3.40. The maximum absolute atomic E-state index is 12.4. The second-order valence-corrected chi connectivity index (χ2v) is 7.39. The van der Waals surface area contributed by atoms with Gasteiger partial charge >= 0.3 is 0 Å². The second kappa shape index (κ2) is 5.35. The van der Waals surface area contributed by atoms with Crippen molar-refractivity contribution in [2.45, 2.75) is 50.0 Å². The van der Waals surface area contributed by atoms with Gasteiger partial charge < -0.3 is 10.8 Å². The van der Waals surface area contributed by atoms with E-state index in [1.165, 1.54) is 0 Å². The van der Waals surface area contributed by atoms with Crippen molar-refractivity contribution in [3.63, 3.8) is 0 Å². The molecule has 0 aliphatic heterocycles. The zero-order valence-electron chi connectivity index (χ0n) is 11.9. The molecule has 20 heavy (non-hydrogen) atoms. The van der Waals surface area contributed by atoms with Crippen molar-refractivity contribution in [1.82, 2.24) is 4.72 Å². The summed E-state index contributed by atoms with van der Waals surface area (Å²) in [7, 11) is -3.66. The lowest BCUT2D eigenvalue weighted by Crippen LogP contribution is -2.41. The predicted molar refractivity (Wildman–Crippen MR) is 78.9 cm³/mol. The highest BCUT2D eigenvalue weighted by atomic mass is 32.2. The predicted octanol–water partition coefficient (Wildman–Crippen LogP) is 1.47. The van der Waals surface area contributed by atoms with Crippen LogP contribution in [0.4, 0.5) is 5.69 Å². The molecule has 0 aromatic heterocycles. The molecule has 1 fully saturated rings. The highest BCUT2D eigenvalue weighted by Gasteiger charge is 2.33. The molecule has 1 saturated carbocycles. The van der Waals surface area contributed by atoms with E-state index in [2.05, 4.69) is 4.72 Å². The van der Waals surface area contributed by atoms with E-state index >= 15 is 0 Å². The third kappa shape index (κ3) is 2.97. The Hall–Kier alpha value is -1.11. The summed E-state index contributed by atoms with van der Waals surface area (Å²) in [5.41, 5.74) is 6.54. The van der Waals surface area contributed by atoms with E-state index in [1.807, 2.05) is 0 Å². The van der Waals surface area contributed by atoms with Gasteiger partial charge in [0.25, 0.3) is 0 Å². The number of aliphatic hydroxyl groups is 1. The molecule has 0 saturated heterocycles. The number of nitrogen functional groups attached to an aromatic ring is 1. The van der Waals surface area contributed by atoms with Gasteiger partial charge in [0, 0.05) is 12.2 Å². The van der Waals surface area contributed by atoms with E-state index in [1.54, 1.807) is 26.0 Å². The van der Waals surface area contributed by atoms with E-state index in [9.17, 15) is 13.5 Å². The van der Waals surface area contributed by atoms with Gasteiger partial charge in [0.05, 0.1) is 10.5 Å². The third-order valence-corrected chi connectivity index (χ3v) is 5.73. The number of hydrogen-bond donors (Lipinski definition) is 3. The standard InChI is InChI=1S/C14H22N2O3S/c1-10-5-6-12(15)11(2)13(10)20(18,19)16-9-14(17)7-3-4-8-14/h5-6,16-17H,3-4,7-9,15H2,1-2H3. The molecule has 0 bridgehead atoms. The summed E-state index contributed by atoms with van der Waals surface area (Å²) in [6.45, 7) is 3.50. The molecule has 0 heterocycles. The van der Waals surface area contributed by atoms with Gasteiger partial charge in [0.1, 0.15) is 0 Å². The summed E-state index contributed by atoms with van der Waals surface area (Å²) in [6.07, 6.45) is 3.16. The minimum Gasteiger partial charge on any atom is -0.398 e. The van der Waals surface area contributed by atoms with Crippen LogP contribution in [0, 0.1) is 13.8 Å². The third-order valence-electron chi connectivity index (χ3n) is 4.04. The molecule has 0 unspecified atom stereocenters. The van der Waals surface area contributed by atoms with E-state index in [4.69, 9.17) is 5.73 Å². The molecule has 6 heteroatoms. The van der Waals surface area contributed by atoms with Crippen LogP contribution in [0.5, 0.6) is 0 Å². The first-order valence-corrected chi connectivity index (χ1v) is 8.31. The Labute approximate surface area is 120 Å². The molecule has 1 aliphatic rings. The summed E-state index contributed by atoms with van der Waals surface area (Å²) >= 11 is 0. The van der Waals surface area contributed by atoms with Crippen LogP contribution in [0.2, 0.25) is 0 Å². The lowest BCUT2D eigenvalue weighted by atomic mass is 10.0. The fraction of sp³-hybridized carbons (Fsp3) is 0.571. The maximum Gasteiger partial charge on any atom is 0.241 e. The van der Waals surface area contributed by atoms with Crippen LogP contribution in [-0.2, 0) is 10.0 Å². The van der Waals surface area contributed by atoms with Gasteiger partial charge in [0.15, 0.2) is 0 Å². The van der Waals surface area contributed by atoms with Crippen molar-refractivity contribution in [2.24, 2.45) is 0 Å². The fourth-order valence-corrected chi connectivity index (χ4v) is 4.38. The average molecular weight is 298 g/mol. The van der Waals surface area contributed by atoms with Crippen molar-refractivity contribution >= 4 is 15.7 Å². The molecular weight excluding hydrogens is 276 g/mol. The minimum atomic E-state index is -3.66. The number of anilines is 1. The van der Waals surface area contributed by atoms with Gasteiger partial charge in [-0.2, -0.15) is 0 Å². The molecule has 2 rings (SSSR count). The smallest absolute Gasteiger partial charge is 0.241 e. The van der Waals surface area contributed by atoms with Crippen LogP contribution >= 0.6 is 0 Å². The number of rotatable bonds is 4. The topological polar surface area (TPSA) is 92.4 Å². The van der Waals surface area contributed by atoms with Crippen molar-refractivity contribution in [1.29, 1.82) is 0 Å². The molecule has 0 spiro atoms. The summed E-state index contributed by atoms with van der Waals surface area (Å²) in [5.74, 6) is 0. The van der Waals surface area contributed by atoms with Gasteiger partial charge in [-0.3, -0.25) is 0 Å². The van der Waals surface area contributed by atoms with Gasteiger partial charge in [-0.15, -0.1) is 0 Å². The highest BCUT2D eigenvalue weighted by molar-refractivity contribution is 7.89. The zero-order valence-corrected chi connectivity index (χ0v) is 12.8. The Kier molecular flexibility index (Phi) is 4.09. The number of sulfonamides is 1. The van der Waals surface area contributed by atoms with Gasteiger partial charge in [-0.25, -0.2) is 13.1 Å². The quantitative estimate of drug-likeness (QED) is 0.734. The fourth-order valence-electron chi connectivity index (χ4n) is 2.77. The van der Waals surface area contributed by atoms with Gasteiger partial charge in [-0.05, 0) is 43.9 Å². The number of nitrogens with two attached hydrogens (primary N) is 1. The molecule has 112 valence electrons. The lowest BCUT2D eigenvalue weighted by molar-refractivity contribution is 0.0531. The molecule has 4 N–H and O–H groups in total. The zero-order chi connectivity index (χ0) is 15.0. The minimum absolute atomic E-state index is 0.0585. The van der Waals surface area contributed by atoms with Crippen LogP contribution in [0.1, 0.15) is 36.8 Å². The van der Waals surface area contributed by atoms with E-state index in [0.29, 0.717) is 29.7 Å². The molecular formula is C14H22N2O3S. The van der Waals surface area contributed by atoms with E-state index < -0.39 is 15.6 Å². The molecule has 0 atom stereocenters. The van der Waals surface area contributed by atoms with Crippen molar-refractivity contribution < 1.29 is 13.5 Å². The molecule has 5 nitrogen and oxygen atoms in total. The van der Waals surface area contributed by atoms with Crippen molar-refractivity contribution in [2.75, 3.05) is 12.3 Å². The van der Waals surface area contributed by atoms with Crippen LogP contribution in [0.25, 0.3) is 0 Å². The van der Waals surface area contributed by atoms with Crippen molar-refractivity contribution in [3.05, 3.63) is 23.3 Å². The van der Waals surface area contributed by atoms with Crippen LogP contribution in [-0.4, -0.2) is 25.7 Å². The lowest BCUT2D eigenvalue weighted by Gasteiger charge is -2.23. The maximum atomic E-state index is 12.4. The van der Waals surface area contributed by atoms with Crippen LogP contribution in [0.15, 0.2) is 17.0 Å². The largest absolute Gasteiger partial charge is 0.398 e. The number of nitrogens with one attached hydrogen (secondary N) is 1. The number of aryl methyl sites for hydroxylation is 1. The first-order valence-electron chi connectivity index (χ1n) is 6.83. The SMILES string of the molecule is Cc1ccc(N)c(C)c1S(=O)(=O)NCC1(O)CCCC1.